The van der Waals surface area contributed by atoms with Crippen LogP contribution < -0.4 is 4.74 Å². The third kappa shape index (κ3) is 3.88. The van der Waals surface area contributed by atoms with Gasteiger partial charge in [0.25, 0.3) is 0 Å². The van der Waals surface area contributed by atoms with Gasteiger partial charge in [0, 0.05) is 50.5 Å². The van der Waals surface area contributed by atoms with Crippen LogP contribution in [0.2, 0.25) is 0 Å². The van der Waals surface area contributed by atoms with E-state index >= 15 is 0 Å². The highest BCUT2D eigenvalue weighted by Gasteiger charge is 2.30. The molecule has 1 unspecified atom stereocenters. The summed E-state index contributed by atoms with van der Waals surface area (Å²) >= 11 is 0. The first-order valence-electron chi connectivity index (χ1n) is 9.16. The fraction of sp³-hybridized carbons (Fsp3) is 0.550. The third-order valence-electron chi connectivity index (χ3n) is 5.23. The topological polar surface area (TPSA) is 39.5 Å². The van der Waals surface area contributed by atoms with Crippen LogP contribution in [-0.4, -0.2) is 41.5 Å². The average Bonchev–Trinajstić information content (AvgIpc) is 3.37. The Kier molecular flexibility index (Phi) is 4.77. The van der Waals surface area contributed by atoms with E-state index in [1.807, 2.05) is 24.0 Å². The summed E-state index contributed by atoms with van der Waals surface area (Å²) in [5, 5.41) is 4.49. The van der Waals surface area contributed by atoms with Crippen molar-refractivity contribution in [3.05, 3.63) is 47.3 Å². The van der Waals surface area contributed by atoms with Crippen molar-refractivity contribution in [2.45, 2.75) is 31.8 Å². The van der Waals surface area contributed by atoms with Gasteiger partial charge in [0.1, 0.15) is 5.75 Å². The molecule has 1 aromatic heterocycles. The van der Waals surface area contributed by atoms with Crippen LogP contribution in [0.1, 0.15) is 35.6 Å². The third-order valence-corrected chi connectivity index (χ3v) is 5.23. The molecular formula is C20H27N3O2. The number of aryl methyl sites for hydroxylation is 1. The van der Waals surface area contributed by atoms with E-state index in [9.17, 15) is 0 Å². The minimum absolute atomic E-state index is 0.389. The van der Waals surface area contributed by atoms with Gasteiger partial charge in [-0.3, -0.25) is 9.58 Å². The number of benzene rings is 1. The first kappa shape index (κ1) is 16.6. The first-order valence-corrected chi connectivity index (χ1v) is 9.16. The highest BCUT2D eigenvalue weighted by molar-refractivity contribution is 5.29. The van der Waals surface area contributed by atoms with Crippen molar-refractivity contribution in [1.29, 1.82) is 0 Å². The lowest BCUT2D eigenvalue weighted by atomic mass is 9.96. The second-order valence-electron chi connectivity index (χ2n) is 7.38. The average molecular weight is 341 g/mol. The van der Waals surface area contributed by atoms with Gasteiger partial charge in [-0.2, -0.15) is 5.10 Å². The van der Waals surface area contributed by atoms with Crippen LogP contribution in [0.3, 0.4) is 0 Å². The van der Waals surface area contributed by atoms with Crippen LogP contribution in [-0.2, 0) is 24.9 Å². The molecule has 0 N–H and O–H groups in total. The summed E-state index contributed by atoms with van der Waals surface area (Å²) < 4.78 is 13.4. The zero-order chi connectivity index (χ0) is 17.2. The Hall–Kier alpha value is -1.85. The predicted octanol–water partition coefficient (Wildman–Crippen LogP) is 2.95. The van der Waals surface area contributed by atoms with Gasteiger partial charge in [-0.25, -0.2) is 0 Å². The number of nitrogens with zero attached hydrogens (tertiary/aromatic N) is 3. The van der Waals surface area contributed by atoms with E-state index in [-0.39, 0.29) is 0 Å². The number of aromatic nitrogens is 2. The van der Waals surface area contributed by atoms with Crippen molar-refractivity contribution in [2.24, 2.45) is 13.0 Å². The summed E-state index contributed by atoms with van der Waals surface area (Å²) in [6.45, 7) is 4.58. The van der Waals surface area contributed by atoms with Crippen LogP contribution >= 0.6 is 0 Å². The number of ether oxygens (including phenoxy) is 2. The number of rotatable bonds is 7. The van der Waals surface area contributed by atoms with E-state index in [0.717, 1.165) is 44.5 Å². The molecule has 1 aliphatic heterocycles. The summed E-state index contributed by atoms with van der Waals surface area (Å²) in [5.74, 6) is 2.11. The number of hydrogen-bond acceptors (Lipinski definition) is 4. The number of hydrogen-bond donors (Lipinski definition) is 0. The Labute approximate surface area is 149 Å². The molecule has 0 radical (unpaired) electrons. The van der Waals surface area contributed by atoms with Crippen molar-refractivity contribution >= 4 is 0 Å². The van der Waals surface area contributed by atoms with Crippen molar-refractivity contribution < 1.29 is 9.47 Å². The highest BCUT2D eigenvalue weighted by atomic mass is 16.5. The molecular weight excluding hydrogens is 314 g/mol. The van der Waals surface area contributed by atoms with Gasteiger partial charge in [0.2, 0.25) is 0 Å². The molecule has 1 saturated carbocycles. The molecule has 0 amide bonds. The molecule has 134 valence electrons. The maximum absolute atomic E-state index is 6.03. The summed E-state index contributed by atoms with van der Waals surface area (Å²) in [6, 6.07) is 8.34. The van der Waals surface area contributed by atoms with Crippen molar-refractivity contribution in [3.8, 4) is 5.75 Å². The van der Waals surface area contributed by atoms with E-state index in [1.165, 1.54) is 29.7 Å². The fourth-order valence-electron chi connectivity index (χ4n) is 3.79. The van der Waals surface area contributed by atoms with E-state index in [0.29, 0.717) is 5.92 Å². The smallest absolute Gasteiger partial charge is 0.119 e. The number of methoxy groups -OCH3 is 1. The molecule has 1 aromatic carbocycles. The van der Waals surface area contributed by atoms with E-state index in [2.05, 4.69) is 28.2 Å². The molecule has 5 heteroatoms. The van der Waals surface area contributed by atoms with Crippen LogP contribution in [0.25, 0.3) is 0 Å². The maximum Gasteiger partial charge on any atom is 0.119 e. The number of fused-ring (bicyclic) bond motifs is 1. The van der Waals surface area contributed by atoms with Gasteiger partial charge in [-0.05, 0) is 36.5 Å². The Bertz CT molecular complexity index is 723. The summed E-state index contributed by atoms with van der Waals surface area (Å²) in [6.07, 6.45) is 4.69. The van der Waals surface area contributed by atoms with Gasteiger partial charge in [-0.1, -0.05) is 12.1 Å². The van der Waals surface area contributed by atoms with Gasteiger partial charge < -0.3 is 9.47 Å². The molecule has 2 heterocycles. The summed E-state index contributed by atoms with van der Waals surface area (Å²) in [5.41, 5.74) is 3.96. The molecule has 5 nitrogen and oxygen atoms in total. The molecule has 4 rings (SSSR count). The quantitative estimate of drug-likeness (QED) is 0.776. The largest absolute Gasteiger partial charge is 0.497 e. The lowest BCUT2D eigenvalue weighted by Gasteiger charge is -2.33. The zero-order valence-electron chi connectivity index (χ0n) is 15.1. The minimum atomic E-state index is 0.389. The Morgan fingerprint density at radius 2 is 2.12 bits per heavy atom. The Balaban J connectivity index is 1.46. The normalized spacial score (nSPS) is 20.5. The summed E-state index contributed by atoms with van der Waals surface area (Å²) in [4.78, 5) is 2.49. The molecule has 1 atom stereocenters. The van der Waals surface area contributed by atoms with Crippen LogP contribution in [0.5, 0.6) is 5.75 Å². The first-order chi connectivity index (χ1) is 12.2. The van der Waals surface area contributed by atoms with Crippen LogP contribution in [0.15, 0.2) is 30.5 Å². The molecule has 0 saturated heterocycles. The standard InChI is InChI=1S/C20H27N3O2/c1-22-20-17(9-21-22)11-23(10-16-4-3-5-19(8-16)24-2)12-18(20)14-25-13-15-6-7-15/h3-5,8-9,15,18H,6-7,10-14H2,1-2H3. The van der Waals surface area contributed by atoms with E-state index < -0.39 is 0 Å². The monoisotopic (exact) mass is 341 g/mol. The van der Waals surface area contributed by atoms with Gasteiger partial charge in [0.15, 0.2) is 0 Å². The van der Waals surface area contributed by atoms with Crippen LogP contribution in [0.4, 0.5) is 0 Å². The molecule has 0 bridgehead atoms. The molecule has 0 spiro atoms. The van der Waals surface area contributed by atoms with Crippen molar-refractivity contribution in [3.63, 3.8) is 0 Å². The Morgan fingerprint density at radius 1 is 1.24 bits per heavy atom. The van der Waals surface area contributed by atoms with E-state index in [4.69, 9.17) is 9.47 Å². The lowest BCUT2D eigenvalue weighted by Crippen LogP contribution is -2.35. The SMILES string of the molecule is COc1cccc(CN2Cc3cnn(C)c3C(COCC3CC3)C2)c1. The molecule has 1 fully saturated rings. The second kappa shape index (κ2) is 7.18. The fourth-order valence-corrected chi connectivity index (χ4v) is 3.79. The summed E-state index contributed by atoms with van der Waals surface area (Å²) in [7, 11) is 3.76. The minimum Gasteiger partial charge on any atom is -0.497 e. The second-order valence-corrected chi connectivity index (χ2v) is 7.38. The zero-order valence-corrected chi connectivity index (χ0v) is 15.1. The predicted molar refractivity (Wildman–Crippen MR) is 96.6 cm³/mol. The maximum atomic E-state index is 6.03. The lowest BCUT2D eigenvalue weighted by molar-refractivity contribution is 0.0870. The van der Waals surface area contributed by atoms with E-state index in [1.54, 1.807) is 7.11 Å². The van der Waals surface area contributed by atoms with Gasteiger partial charge in [-0.15, -0.1) is 0 Å². The van der Waals surface area contributed by atoms with Crippen LogP contribution in [0, 0.1) is 5.92 Å². The van der Waals surface area contributed by atoms with Crippen molar-refractivity contribution in [1.82, 2.24) is 14.7 Å². The molecule has 2 aliphatic rings. The van der Waals surface area contributed by atoms with Crippen molar-refractivity contribution in [2.75, 3.05) is 26.9 Å². The molecule has 1 aliphatic carbocycles. The Morgan fingerprint density at radius 3 is 2.92 bits per heavy atom. The molecule has 25 heavy (non-hydrogen) atoms. The van der Waals surface area contributed by atoms with Gasteiger partial charge in [0.05, 0.1) is 19.9 Å². The van der Waals surface area contributed by atoms with Gasteiger partial charge >= 0.3 is 0 Å². The highest BCUT2D eigenvalue weighted by Crippen LogP contribution is 2.32. The molecule has 2 aromatic rings.